The average Bonchev–Trinajstić information content (AvgIpc) is 2.72. The van der Waals surface area contributed by atoms with Crippen molar-refractivity contribution in [1.29, 1.82) is 0 Å². The quantitative estimate of drug-likeness (QED) is 0.776. The van der Waals surface area contributed by atoms with Crippen LogP contribution in [0.2, 0.25) is 0 Å². The molecule has 1 heterocycles. The van der Waals surface area contributed by atoms with Gasteiger partial charge in [-0.05, 0) is 62.3 Å². The minimum Gasteiger partial charge on any atom is -0.369 e. The molecule has 1 aromatic carbocycles. The Morgan fingerprint density at radius 3 is 2.53 bits per heavy atom. The fourth-order valence-electron chi connectivity index (χ4n) is 6.78. The summed E-state index contributed by atoms with van der Waals surface area (Å²) in [7, 11) is 0. The van der Waals surface area contributed by atoms with E-state index in [4.69, 9.17) is 10.5 Å². The van der Waals surface area contributed by atoms with Crippen LogP contribution >= 0.6 is 0 Å². The zero-order valence-electron chi connectivity index (χ0n) is 17.8. The van der Waals surface area contributed by atoms with Crippen LogP contribution in [0.1, 0.15) is 43.2 Å². The molecule has 6 heteroatoms. The summed E-state index contributed by atoms with van der Waals surface area (Å²) in [6, 6.07) is 8.74. The summed E-state index contributed by atoms with van der Waals surface area (Å²) in [5, 5.41) is 3.34. The summed E-state index contributed by atoms with van der Waals surface area (Å²) in [6.45, 7) is 4.97. The van der Waals surface area contributed by atoms with Gasteiger partial charge in [-0.25, -0.2) is 0 Å². The highest BCUT2D eigenvalue weighted by molar-refractivity contribution is 5.83. The third-order valence-corrected chi connectivity index (χ3v) is 8.07. The first-order valence-corrected chi connectivity index (χ1v) is 11.4. The molecule has 1 saturated heterocycles. The van der Waals surface area contributed by atoms with Crippen molar-refractivity contribution < 1.29 is 14.3 Å². The highest BCUT2D eigenvalue weighted by Gasteiger charge is 2.58. The predicted octanol–water partition coefficient (Wildman–Crippen LogP) is 1.99. The van der Waals surface area contributed by atoms with Gasteiger partial charge in [0.2, 0.25) is 5.91 Å². The first-order valence-electron chi connectivity index (χ1n) is 11.4. The molecule has 2 unspecified atom stereocenters. The van der Waals surface area contributed by atoms with Crippen LogP contribution in [0.5, 0.6) is 0 Å². The summed E-state index contributed by atoms with van der Waals surface area (Å²) in [4.78, 5) is 27.5. The molecule has 30 heavy (non-hydrogen) atoms. The Balaban J connectivity index is 1.20. The molecule has 0 radical (unpaired) electrons. The average molecular weight is 412 g/mol. The molecule has 4 bridgehead atoms. The molecule has 3 N–H and O–H groups in total. The molecule has 5 fully saturated rings. The molecule has 2 amide bonds. The summed E-state index contributed by atoms with van der Waals surface area (Å²) in [5.74, 6) is 1.22. The lowest BCUT2D eigenvalue weighted by atomic mass is 9.47. The van der Waals surface area contributed by atoms with Gasteiger partial charge in [-0.1, -0.05) is 29.8 Å². The van der Waals surface area contributed by atoms with E-state index in [1.807, 2.05) is 0 Å². The smallest absolute Gasteiger partial charge is 0.250 e. The standard InChI is InChI=1S/C24H33N3O3/c1-15-2-4-16(5-3-15)13-27-6-7-30-20(14-27)22(28)26-21-18-8-17-9-19(21)12-24(10-17,11-18)23(25)29/h2-5,17-21H,6-14H2,1H3,(H2,25,29)(H,26,28)/t17?,18?,19?,20-,21?,24?/m1/s1. The molecule has 1 aliphatic heterocycles. The van der Waals surface area contributed by atoms with Gasteiger partial charge in [0.05, 0.1) is 6.61 Å². The molecule has 0 aromatic heterocycles. The maximum atomic E-state index is 13.1. The number of nitrogens with zero attached hydrogens (tertiary/aromatic N) is 1. The van der Waals surface area contributed by atoms with Gasteiger partial charge in [-0.15, -0.1) is 0 Å². The van der Waals surface area contributed by atoms with Crippen LogP contribution in [-0.2, 0) is 20.9 Å². The van der Waals surface area contributed by atoms with Crippen molar-refractivity contribution in [2.45, 2.75) is 57.7 Å². The van der Waals surface area contributed by atoms with Gasteiger partial charge in [0.1, 0.15) is 6.10 Å². The van der Waals surface area contributed by atoms with Gasteiger partial charge in [-0.2, -0.15) is 0 Å². The first-order chi connectivity index (χ1) is 14.4. The molecule has 4 saturated carbocycles. The summed E-state index contributed by atoms with van der Waals surface area (Å²) < 4.78 is 5.85. The summed E-state index contributed by atoms with van der Waals surface area (Å²) >= 11 is 0. The Kier molecular flexibility index (Phi) is 5.10. The van der Waals surface area contributed by atoms with E-state index in [0.717, 1.165) is 45.2 Å². The number of hydrogen-bond donors (Lipinski definition) is 2. The number of aryl methyl sites for hydroxylation is 1. The van der Waals surface area contributed by atoms with E-state index in [2.05, 4.69) is 41.4 Å². The van der Waals surface area contributed by atoms with Gasteiger partial charge in [0.15, 0.2) is 0 Å². The van der Waals surface area contributed by atoms with Gasteiger partial charge >= 0.3 is 0 Å². The molecule has 4 aliphatic carbocycles. The fraction of sp³-hybridized carbons (Fsp3) is 0.667. The third kappa shape index (κ3) is 3.65. The van der Waals surface area contributed by atoms with Crippen molar-refractivity contribution in [2.75, 3.05) is 19.7 Å². The van der Waals surface area contributed by atoms with E-state index in [1.54, 1.807) is 0 Å². The van der Waals surface area contributed by atoms with Crippen LogP contribution in [0.15, 0.2) is 24.3 Å². The van der Waals surface area contributed by atoms with E-state index < -0.39 is 6.10 Å². The minimum atomic E-state index is -0.425. The first kappa shape index (κ1) is 20.0. The van der Waals surface area contributed by atoms with Crippen LogP contribution in [0, 0.1) is 30.1 Å². The number of ether oxygens (including phenoxy) is 1. The number of morpholine rings is 1. The highest BCUT2D eigenvalue weighted by atomic mass is 16.5. The minimum absolute atomic E-state index is 0.00852. The largest absolute Gasteiger partial charge is 0.369 e. The van der Waals surface area contributed by atoms with Crippen molar-refractivity contribution in [3.8, 4) is 0 Å². The second kappa shape index (κ2) is 7.65. The second-order valence-corrected chi connectivity index (χ2v) is 10.2. The number of carbonyl (C=O) groups is 2. The second-order valence-electron chi connectivity index (χ2n) is 10.2. The molecular weight excluding hydrogens is 378 g/mol. The Hall–Kier alpha value is -1.92. The molecule has 5 aliphatic rings. The number of benzene rings is 1. The van der Waals surface area contributed by atoms with Crippen LogP contribution in [-0.4, -0.2) is 48.6 Å². The zero-order chi connectivity index (χ0) is 20.9. The Labute approximate surface area is 178 Å². The molecule has 6 rings (SSSR count). The monoisotopic (exact) mass is 411 g/mol. The molecule has 6 nitrogen and oxygen atoms in total. The predicted molar refractivity (Wildman–Crippen MR) is 113 cm³/mol. The van der Waals surface area contributed by atoms with Crippen LogP contribution < -0.4 is 11.1 Å². The van der Waals surface area contributed by atoms with Gasteiger partial charge in [-0.3, -0.25) is 14.5 Å². The Morgan fingerprint density at radius 1 is 1.17 bits per heavy atom. The van der Waals surface area contributed by atoms with Gasteiger partial charge in [0.25, 0.3) is 5.91 Å². The van der Waals surface area contributed by atoms with Gasteiger partial charge in [0, 0.05) is 31.1 Å². The van der Waals surface area contributed by atoms with Crippen molar-refractivity contribution in [1.82, 2.24) is 10.2 Å². The van der Waals surface area contributed by atoms with Crippen LogP contribution in [0.25, 0.3) is 0 Å². The lowest BCUT2D eigenvalue weighted by Crippen LogP contribution is -2.63. The Bertz CT molecular complexity index is 807. The SMILES string of the molecule is Cc1ccc(CN2CCO[C@@H](C(=O)NC3C4CC5CC3CC(C(N)=O)(C5)C4)C2)cc1. The van der Waals surface area contributed by atoms with Gasteiger partial charge < -0.3 is 15.8 Å². The van der Waals surface area contributed by atoms with E-state index in [9.17, 15) is 9.59 Å². The zero-order valence-corrected chi connectivity index (χ0v) is 17.8. The molecular formula is C24H33N3O3. The molecule has 3 atom stereocenters. The third-order valence-electron chi connectivity index (χ3n) is 8.07. The number of rotatable bonds is 5. The highest BCUT2D eigenvalue weighted by Crippen LogP contribution is 2.59. The number of hydrogen-bond acceptors (Lipinski definition) is 4. The van der Waals surface area contributed by atoms with E-state index >= 15 is 0 Å². The number of nitrogens with one attached hydrogen (secondary N) is 1. The normalized spacial score (nSPS) is 37.8. The number of amides is 2. The summed E-state index contributed by atoms with van der Waals surface area (Å²) in [6.07, 6.45) is 4.43. The van der Waals surface area contributed by atoms with Crippen LogP contribution in [0.4, 0.5) is 0 Å². The van der Waals surface area contributed by atoms with Crippen molar-refractivity contribution in [3.63, 3.8) is 0 Å². The topological polar surface area (TPSA) is 84.7 Å². The molecule has 162 valence electrons. The maximum absolute atomic E-state index is 13.1. The Morgan fingerprint density at radius 2 is 1.87 bits per heavy atom. The molecule has 1 aromatic rings. The van der Waals surface area contributed by atoms with Crippen molar-refractivity contribution in [2.24, 2.45) is 28.9 Å². The number of carbonyl (C=O) groups excluding carboxylic acids is 2. The lowest BCUT2D eigenvalue weighted by molar-refractivity contribution is -0.151. The van der Waals surface area contributed by atoms with Crippen LogP contribution in [0.3, 0.4) is 0 Å². The summed E-state index contributed by atoms with van der Waals surface area (Å²) in [5.41, 5.74) is 7.99. The van der Waals surface area contributed by atoms with E-state index in [-0.39, 0.29) is 23.3 Å². The number of nitrogens with two attached hydrogens (primary N) is 1. The van der Waals surface area contributed by atoms with E-state index in [0.29, 0.717) is 30.9 Å². The maximum Gasteiger partial charge on any atom is 0.250 e. The van der Waals surface area contributed by atoms with Crippen molar-refractivity contribution in [3.05, 3.63) is 35.4 Å². The van der Waals surface area contributed by atoms with E-state index in [1.165, 1.54) is 11.1 Å². The molecule has 0 spiro atoms. The lowest BCUT2D eigenvalue weighted by Gasteiger charge is -2.59. The fourth-order valence-corrected chi connectivity index (χ4v) is 6.78. The van der Waals surface area contributed by atoms with Crippen molar-refractivity contribution >= 4 is 11.8 Å². The number of primary amides is 1.